The van der Waals surface area contributed by atoms with Gasteiger partial charge in [-0.05, 0) is 18.6 Å². The highest BCUT2D eigenvalue weighted by Crippen LogP contribution is 2.33. The van der Waals surface area contributed by atoms with Crippen LogP contribution in [0.1, 0.15) is 18.5 Å². The Balaban J connectivity index is 2.21. The summed E-state index contributed by atoms with van der Waals surface area (Å²) in [6.45, 7) is 1.79. The molecule has 19 heavy (non-hydrogen) atoms. The van der Waals surface area contributed by atoms with Gasteiger partial charge in [-0.1, -0.05) is 6.07 Å². The molecular formula is C12H12N6O. The second-order valence-corrected chi connectivity index (χ2v) is 4.25. The van der Waals surface area contributed by atoms with Gasteiger partial charge in [-0.3, -0.25) is 9.78 Å². The third kappa shape index (κ3) is 1.75. The molecule has 0 spiro atoms. The third-order valence-electron chi connectivity index (χ3n) is 3.06. The van der Waals surface area contributed by atoms with Gasteiger partial charge in [-0.2, -0.15) is 10.1 Å². The average molecular weight is 256 g/mol. The molecule has 3 rings (SSSR count). The van der Waals surface area contributed by atoms with Crippen molar-refractivity contribution in [2.45, 2.75) is 13.0 Å². The second-order valence-electron chi connectivity index (χ2n) is 4.25. The van der Waals surface area contributed by atoms with E-state index in [1.807, 2.05) is 12.1 Å². The summed E-state index contributed by atoms with van der Waals surface area (Å²) in [6.07, 6.45) is 4.80. The van der Waals surface area contributed by atoms with E-state index in [1.165, 1.54) is 6.33 Å². The highest BCUT2D eigenvalue weighted by Gasteiger charge is 2.32. The van der Waals surface area contributed by atoms with Gasteiger partial charge in [-0.25, -0.2) is 4.68 Å². The van der Waals surface area contributed by atoms with Gasteiger partial charge in [-0.15, -0.1) is 0 Å². The van der Waals surface area contributed by atoms with Gasteiger partial charge >= 0.3 is 0 Å². The molecule has 1 amide bonds. The Morgan fingerprint density at radius 3 is 3.05 bits per heavy atom. The Labute approximate surface area is 109 Å². The number of nitrogens with two attached hydrogens (primary N) is 1. The number of allylic oxidation sites excluding steroid dienone is 1. The van der Waals surface area contributed by atoms with Crippen LogP contribution >= 0.6 is 0 Å². The van der Waals surface area contributed by atoms with E-state index < -0.39 is 11.9 Å². The van der Waals surface area contributed by atoms with Crippen LogP contribution in [0.2, 0.25) is 0 Å². The van der Waals surface area contributed by atoms with Crippen LogP contribution in [0.5, 0.6) is 0 Å². The molecule has 0 unspecified atom stereocenters. The van der Waals surface area contributed by atoms with E-state index >= 15 is 0 Å². The molecule has 0 bridgehead atoms. The van der Waals surface area contributed by atoms with Crippen LogP contribution < -0.4 is 11.1 Å². The molecular weight excluding hydrogens is 244 g/mol. The largest absolute Gasteiger partial charge is 0.366 e. The number of rotatable bonds is 2. The molecule has 2 aromatic heterocycles. The maximum atomic E-state index is 11.7. The fraction of sp³-hybridized carbons (Fsp3) is 0.167. The topological polar surface area (TPSA) is 98.7 Å². The van der Waals surface area contributed by atoms with Crippen LogP contribution in [0.15, 0.2) is 42.1 Å². The summed E-state index contributed by atoms with van der Waals surface area (Å²) in [6, 6.07) is 3.29. The number of pyridine rings is 1. The zero-order valence-electron chi connectivity index (χ0n) is 10.2. The molecule has 3 heterocycles. The lowest BCUT2D eigenvalue weighted by atomic mass is 9.97. The normalized spacial score (nSPS) is 17.8. The van der Waals surface area contributed by atoms with Gasteiger partial charge in [0.2, 0.25) is 11.9 Å². The Bertz CT molecular complexity index is 660. The highest BCUT2D eigenvalue weighted by molar-refractivity contribution is 5.95. The zero-order chi connectivity index (χ0) is 13.4. The van der Waals surface area contributed by atoms with E-state index in [0.29, 0.717) is 17.2 Å². The van der Waals surface area contributed by atoms with E-state index in [9.17, 15) is 4.79 Å². The fourth-order valence-corrected chi connectivity index (χ4v) is 2.26. The van der Waals surface area contributed by atoms with Crippen molar-refractivity contribution in [2.75, 3.05) is 5.32 Å². The molecule has 3 N–H and O–H groups in total. The summed E-state index contributed by atoms with van der Waals surface area (Å²) in [5, 5.41) is 7.17. The predicted molar refractivity (Wildman–Crippen MR) is 67.9 cm³/mol. The molecule has 7 heteroatoms. The predicted octanol–water partition coefficient (Wildman–Crippen LogP) is 0.447. The van der Waals surface area contributed by atoms with E-state index in [1.54, 1.807) is 24.0 Å². The molecule has 0 saturated carbocycles. The average Bonchev–Trinajstić information content (AvgIpc) is 2.85. The number of nitrogens with zero attached hydrogens (tertiary/aromatic N) is 4. The molecule has 96 valence electrons. The van der Waals surface area contributed by atoms with Gasteiger partial charge in [0, 0.05) is 18.1 Å². The molecule has 0 aromatic carbocycles. The number of amides is 1. The first-order valence-corrected chi connectivity index (χ1v) is 5.75. The Hall–Kier alpha value is -2.70. The summed E-state index contributed by atoms with van der Waals surface area (Å²) in [5.74, 6) is 0.0938. The molecule has 7 nitrogen and oxygen atoms in total. The number of aromatic nitrogens is 4. The molecule has 1 aliphatic heterocycles. The van der Waals surface area contributed by atoms with Crippen molar-refractivity contribution < 1.29 is 4.79 Å². The first kappa shape index (κ1) is 11.4. The zero-order valence-corrected chi connectivity index (χ0v) is 10.2. The van der Waals surface area contributed by atoms with Crippen molar-refractivity contribution in [2.24, 2.45) is 5.73 Å². The minimum atomic E-state index is -0.486. The maximum absolute atomic E-state index is 11.7. The van der Waals surface area contributed by atoms with Crippen LogP contribution in [0, 0.1) is 0 Å². The minimum absolute atomic E-state index is 0.398. The van der Waals surface area contributed by atoms with Crippen LogP contribution in [0.3, 0.4) is 0 Å². The minimum Gasteiger partial charge on any atom is -0.366 e. The SMILES string of the molecule is CC1=C(C(N)=O)[C@@H](c2cccnc2)n2ncnc2N1. The fourth-order valence-electron chi connectivity index (χ4n) is 2.26. The van der Waals surface area contributed by atoms with E-state index in [0.717, 1.165) is 5.56 Å². The molecule has 0 fully saturated rings. The highest BCUT2D eigenvalue weighted by atomic mass is 16.1. The summed E-state index contributed by atoms with van der Waals surface area (Å²) >= 11 is 0. The molecule has 2 aromatic rings. The van der Waals surface area contributed by atoms with Crippen molar-refractivity contribution in [1.82, 2.24) is 19.7 Å². The Kier molecular flexibility index (Phi) is 2.52. The van der Waals surface area contributed by atoms with Crippen molar-refractivity contribution in [3.05, 3.63) is 47.7 Å². The standard InChI is InChI=1S/C12H12N6O/c1-7-9(11(13)19)10(8-3-2-4-14-5-8)18-12(17-7)15-6-16-18/h2-6,10H,1H3,(H2,13,19)(H,15,16,17)/t10-/m1/s1. The molecule has 1 aliphatic rings. The number of carbonyl (C=O) groups is 1. The van der Waals surface area contributed by atoms with E-state index in [2.05, 4.69) is 20.4 Å². The lowest BCUT2D eigenvalue weighted by Gasteiger charge is -2.27. The first-order valence-electron chi connectivity index (χ1n) is 5.75. The number of hydrogen-bond acceptors (Lipinski definition) is 5. The van der Waals surface area contributed by atoms with Gasteiger partial charge < -0.3 is 11.1 Å². The van der Waals surface area contributed by atoms with Crippen molar-refractivity contribution in [3.63, 3.8) is 0 Å². The number of nitrogens with one attached hydrogen (secondary N) is 1. The summed E-state index contributed by atoms with van der Waals surface area (Å²) in [4.78, 5) is 19.9. The van der Waals surface area contributed by atoms with E-state index in [-0.39, 0.29) is 0 Å². The van der Waals surface area contributed by atoms with Crippen molar-refractivity contribution >= 4 is 11.9 Å². The van der Waals surface area contributed by atoms with Gasteiger partial charge in [0.15, 0.2) is 0 Å². The van der Waals surface area contributed by atoms with Gasteiger partial charge in [0.25, 0.3) is 0 Å². The quantitative estimate of drug-likeness (QED) is 0.812. The van der Waals surface area contributed by atoms with Crippen LogP contribution in [-0.4, -0.2) is 25.7 Å². The Morgan fingerprint density at radius 2 is 2.37 bits per heavy atom. The number of primary amides is 1. The number of carbonyl (C=O) groups excluding carboxylic acids is 1. The van der Waals surface area contributed by atoms with Crippen LogP contribution in [-0.2, 0) is 4.79 Å². The van der Waals surface area contributed by atoms with Gasteiger partial charge in [0.1, 0.15) is 12.4 Å². The van der Waals surface area contributed by atoms with Crippen LogP contribution in [0.4, 0.5) is 5.95 Å². The molecule has 0 saturated heterocycles. The number of fused-ring (bicyclic) bond motifs is 1. The van der Waals surface area contributed by atoms with Crippen LogP contribution in [0.25, 0.3) is 0 Å². The Morgan fingerprint density at radius 1 is 1.53 bits per heavy atom. The smallest absolute Gasteiger partial charge is 0.248 e. The monoisotopic (exact) mass is 256 g/mol. The number of anilines is 1. The molecule has 1 atom stereocenters. The maximum Gasteiger partial charge on any atom is 0.248 e. The lowest BCUT2D eigenvalue weighted by molar-refractivity contribution is -0.115. The third-order valence-corrected chi connectivity index (χ3v) is 3.06. The van der Waals surface area contributed by atoms with Crippen molar-refractivity contribution in [1.29, 1.82) is 0 Å². The summed E-state index contributed by atoms with van der Waals surface area (Å²) < 4.78 is 1.63. The molecule has 0 aliphatic carbocycles. The summed E-state index contributed by atoms with van der Waals surface area (Å²) in [7, 11) is 0. The second kappa shape index (κ2) is 4.20. The number of hydrogen-bond donors (Lipinski definition) is 2. The lowest BCUT2D eigenvalue weighted by Crippen LogP contribution is -2.31. The van der Waals surface area contributed by atoms with Gasteiger partial charge in [0.05, 0.1) is 5.57 Å². The first-order chi connectivity index (χ1) is 9.18. The summed E-state index contributed by atoms with van der Waals surface area (Å²) in [5.41, 5.74) is 7.48. The molecule has 0 radical (unpaired) electrons. The van der Waals surface area contributed by atoms with Crippen molar-refractivity contribution in [3.8, 4) is 0 Å². The van der Waals surface area contributed by atoms with E-state index in [4.69, 9.17) is 5.73 Å².